The van der Waals surface area contributed by atoms with E-state index in [1.807, 2.05) is 24.3 Å². The second kappa shape index (κ2) is 7.92. The Hall–Kier alpha value is -1.91. The summed E-state index contributed by atoms with van der Waals surface area (Å²) in [7, 11) is 1.63. The van der Waals surface area contributed by atoms with Gasteiger partial charge in [0.2, 0.25) is 0 Å². The summed E-state index contributed by atoms with van der Waals surface area (Å²) in [6.45, 7) is 6.34. The van der Waals surface area contributed by atoms with Gasteiger partial charge in [0.05, 0.1) is 20.2 Å². The van der Waals surface area contributed by atoms with Crippen molar-refractivity contribution in [1.82, 2.24) is 10.2 Å². The van der Waals surface area contributed by atoms with Crippen LogP contribution in [0, 0.1) is 5.92 Å². The summed E-state index contributed by atoms with van der Waals surface area (Å²) in [5.74, 6) is 2.10. The molecule has 1 N–H and O–H groups in total. The van der Waals surface area contributed by atoms with Gasteiger partial charge in [-0.3, -0.25) is 0 Å². The number of rotatable bonds is 7. The summed E-state index contributed by atoms with van der Waals surface area (Å²) in [5, 5.41) is 2.96. The van der Waals surface area contributed by atoms with Gasteiger partial charge in [-0.05, 0) is 24.5 Å². The summed E-state index contributed by atoms with van der Waals surface area (Å²) in [5.41, 5.74) is 0. The number of methoxy groups -OCH3 is 1. The van der Waals surface area contributed by atoms with Gasteiger partial charge >= 0.3 is 6.03 Å². The first-order chi connectivity index (χ1) is 10.6. The monoisotopic (exact) mass is 306 g/mol. The molecule has 1 saturated heterocycles. The van der Waals surface area contributed by atoms with Crippen molar-refractivity contribution in [2.75, 3.05) is 26.7 Å². The third kappa shape index (κ3) is 4.29. The van der Waals surface area contributed by atoms with Crippen molar-refractivity contribution in [3.05, 3.63) is 24.3 Å². The molecule has 5 nitrogen and oxygen atoms in total. The van der Waals surface area contributed by atoms with Crippen molar-refractivity contribution in [2.24, 2.45) is 5.92 Å². The van der Waals surface area contributed by atoms with Crippen molar-refractivity contribution >= 4 is 6.03 Å². The number of carbonyl (C=O) groups excluding carboxylic acids is 1. The molecule has 0 saturated carbocycles. The number of nitrogens with one attached hydrogen (secondary N) is 1. The maximum Gasteiger partial charge on any atom is 0.317 e. The molecule has 122 valence electrons. The predicted octanol–water partition coefficient (Wildman–Crippen LogP) is 2.90. The van der Waals surface area contributed by atoms with E-state index < -0.39 is 0 Å². The summed E-state index contributed by atoms with van der Waals surface area (Å²) in [6, 6.07) is 7.57. The molecule has 1 aromatic carbocycles. The highest BCUT2D eigenvalue weighted by molar-refractivity contribution is 5.75. The number of amides is 2. The molecular weight excluding hydrogens is 280 g/mol. The maximum atomic E-state index is 12.0. The van der Waals surface area contributed by atoms with Crippen molar-refractivity contribution in [1.29, 1.82) is 0 Å². The average molecular weight is 306 g/mol. The molecule has 0 bridgehead atoms. The Bertz CT molecular complexity index is 487. The van der Waals surface area contributed by atoms with Gasteiger partial charge in [0.15, 0.2) is 11.5 Å². The molecule has 1 heterocycles. The van der Waals surface area contributed by atoms with E-state index in [1.54, 1.807) is 12.0 Å². The largest absolute Gasteiger partial charge is 0.493 e. The highest BCUT2D eigenvalue weighted by Gasteiger charge is 2.32. The number of nitrogens with zero attached hydrogens (tertiary/aromatic N) is 1. The van der Waals surface area contributed by atoms with Gasteiger partial charge in [-0.25, -0.2) is 4.79 Å². The first kappa shape index (κ1) is 16.5. The molecule has 1 fully saturated rings. The summed E-state index contributed by atoms with van der Waals surface area (Å²) in [4.78, 5) is 13.7. The number of hydrogen-bond acceptors (Lipinski definition) is 3. The van der Waals surface area contributed by atoms with Crippen LogP contribution >= 0.6 is 0 Å². The second-order valence-electron chi connectivity index (χ2n) is 5.83. The highest BCUT2D eigenvalue weighted by Crippen LogP contribution is 2.28. The van der Waals surface area contributed by atoms with E-state index >= 15 is 0 Å². The Morgan fingerprint density at radius 3 is 2.68 bits per heavy atom. The molecule has 0 aromatic heterocycles. The molecule has 1 aliphatic heterocycles. The summed E-state index contributed by atoms with van der Waals surface area (Å²) in [6.07, 6.45) is 2.21. The first-order valence-electron chi connectivity index (χ1n) is 7.96. The van der Waals surface area contributed by atoms with Crippen LogP contribution in [0.5, 0.6) is 11.5 Å². The number of carbonyl (C=O) groups is 1. The van der Waals surface area contributed by atoms with Crippen LogP contribution in [0.1, 0.15) is 26.7 Å². The van der Waals surface area contributed by atoms with E-state index in [2.05, 4.69) is 19.2 Å². The van der Waals surface area contributed by atoms with Crippen LogP contribution in [-0.2, 0) is 0 Å². The highest BCUT2D eigenvalue weighted by atomic mass is 16.5. The minimum Gasteiger partial charge on any atom is -0.493 e. The van der Waals surface area contributed by atoms with Crippen molar-refractivity contribution < 1.29 is 14.3 Å². The van der Waals surface area contributed by atoms with Gasteiger partial charge in [-0.1, -0.05) is 32.4 Å². The lowest BCUT2D eigenvalue weighted by atomic mass is 10.1. The zero-order valence-electron chi connectivity index (χ0n) is 13.7. The molecule has 22 heavy (non-hydrogen) atoms. The van der Waals surface area contributed by atoms with Crippen LogP contribution in [0.3, 0.4) is 0 Å². The molecule has 0 aliphatic carbocycles. The van der Waals surface area contributed by atoms with E-state index in [9.17, 15) is 4.79 Å². The molecule has 0 spiro atoms. The maximum absolute atomic E-state index is 12.0. The number of hydrogen-bond donors (Lipinski definition) is 1. The zero-order chi connectivity index (χ0) is 15.9. The molecule has 0 radical (unpaired) electrons. The van der Waals surface area contributed by atoms with Gasteiger partial charge in [0.1, 0.15) is 6.10 Å². The van der Waals surface area contributed by atoms with E-state index in [0.717, 1.165) is 30.9 Å². The molecule has 2 rings (SSSR count). The van der Waals surface area contributed by atoms with Crippen LogP contribution < -0.4 is 14.8 Å². The van der Waals surface area contributed by atoms with Gasteiger partial charge < -0.3 is 19.7 Å². The number of para-hydroxylation sites is 2. The Morgan fingerprint density at radius 1 is 1.36 bits per heavy atom. The van der Waals surface area contributed by atoms with E-state index in [4.69, 9.17) is 9.47 Å². The lowest BCUT2D eigenvalue weighted by Crippen LogP contribution is -2.59. The number of urea groups is 1. The Balaban J connectivity index is 1.70. The molecule has 1 aliphatic rings. The third-order valence-electron chi connectivity index (χ3n) is 4.11. The van der Waals surface area contributed by atoms with Crippen LogP contribution in [0.4, 0.5) is 4.79 Å². The zero-order valence-corrected chi connectivity index (χ0v) is 13.7. The van der Waals surface area contributed by atoms with E-state index in [-0.39, 0.29) is 12.1 Å². The normalized spacial score (nSPS) is 15.9. The number of benzene rings is 1. The Kier molecular flexibility index (Phi) is 5.92. The van der Waals surface area contributed by atoms with Gasteiger partial charge in [-0.2, -0.15) is 0 Å². The first-order valence-corrected chi connectivity index (χ1v) is 7.96. The average Bonchev–Trinajstić information content (AvgIpc) is 2.50. The fourth-order valence-corrected chi connectivity index (χ4v) is 2.32. The molecule has 1 atom stereocenters. The Labute approximate surface area is 132 Å². The molecule has 2 amide bonds. The van der Waals surface area contributed by atoms with Crippen LogP contribution in [0.25, 0.3) is 0 Å². The van der Waals surface area contributed by atoms with Crippen molar-refractivity contribution in [3.63, 3.8) is 0 Å². The van der Waals surface area contributed by atoms with Gasteiger partial charge in [-0.15, -0.1) is 0 Å². The summed E-state index contributed by atoms with van der Waals surface area (Å²) < 4.78 is 11.1. The fourth-order valence-electron chi connectivity index (χ4n) is 2.32. The lowest BCUT2D eigenvalue weighted by molar-refractivity contribution is 0.0427. The van der Waals surface area contributed by atoms with Crippen molar-refractivity contribution in [3.8, 4) is 11.5 Å². The standard InChI is InChI=1S/C17H26N2O3/c1-4-13(2)9-10-18-17(20)19-11-14(12-19)22-16-8-6-5-7-15(16)21-3/h5-8,13-14H,4,9-12H2,1-3H3,(H,18,20)/t13-/m0/s1. The van der Waals surface area contributed by atoms with Crippen LogP contribution in [0.15, 0.2) is 24.3 Å². The van der Waals surface area contributed by atoms with Gasteiger partial charge in [0, 0.05) is 6.54 Å². The second-order valence-corrected chi connectivity index (χ2v) is 5.83. The minimum absolute atomic E-state index is 0.00294. The van der Waals surface area contributed by atoms with Gasteiger partial charge in [0.25, 0.3) is 0 Å². The lowest BCUT2D eigenvalue weighted by Gasteiger charge is -2.39. The Morgan fingerprint density at radius 2 is 2.05 bits per heavy atom. The van der Waals surface area contributed by atoms with Crippen LogP contribution in [-0.4, -0.2) is 43.8 Å². The van der Waals surface area contributed by atoms with Crippen LogP contribution in [0.2, 0.25) is 0 Å². The number of likely N-dealkylation sites (tertiary alicyclic amines) is 1. The van der Waals surface area contributed by atoms with E-state index in [1.165, 1.54) is 0 Å². The minimum atomic E-state index is 0.00294. The SMILES string of the molecule is CC[C@H](C)CCNC(=O)N1CC(Oc2ccccc2OC)C1. The quantitative estimate of drug-likeness (QED) is 0.842. The van der Waals surface area contributed by atoms with Crippen molar-refractivity contribution in [2.45, 2.75) is 32.8 Å². The molecule has 0 unspecified atom stereocenters. The number of ether oxygens (including phenoxy) is 2. The topological polar surface area (TPSA) is 50.8 Å². The molecule has 1 aromatic rings. The smallest absolute Gasteiger partial charge is 0.317 e. The predicted molar refractivity (Wildman–Crippen MR) is 86.5 cm³/mol. The van der Waals surface area contributed by atoms with E-state index in [0.29, 0.717) is 19.0 Å². The molecular formula is C17H26N2O3. The fraction of sp³-hybridized carbons (Fsp3) is 0.588. The summed E-state index contributed by atoms with van der Waals surface area (Å²) >= 11 is 0. The molecule has 5 heteroatoms. The third-order valence-corrected chi connectivity index (χ3v) is 4.11.